The van der Waals surface area contributed by atoms with E-state index in [1.54, 1.807) is 0 Å². The number of rotatable bonds is 2. The Morgan fingerprint density at radius 1 is 1.19 bits per heavy atom. The first kappa shape index (κ1) is 14.5. The van der Waals surface area contributed by atoms with Gasteiger partial charge in [-0.2, -0.15) is 0 Å². The van der Waals surface area contributed by atoms with Crippen LogP contribution < -0.4 is 5.32 Å². The molecule has 2 aliphatic rings. The monoisotopic (exact) mass is 288 g/mol. The van der Waals surface area contributed by atoms with Crippen molar-refractivity contribution in [1.29, 1.82) is 0 Å². The minimum absolute atomic E-state index is 0.000570. The van der Waals surface area contributed by atoms with Crippen LogP contribution in [-0.2, 0) is 9.53 Å². The highest BCUT2D eigenvalue weighted by Gasteiger charge is 2.33. The molecule has 2 atom stereocenters. The number of nitrogens with zero attached hydrogens (tertiary/aromatic N) is 1. The molecule has 2 unspecified atom stereocenters. The number of piperidine rings is 1. The highest BCUT2D eigenvalue weighted by Crippen LogP contribution is 2.27. The lowest BCUT2D eigenvalue weighted by molar-refractivity contribution is -0.149. The largest absolute Gasteiger partial charge is 0.367 e. The van der Waals surface area contributed by atoms with Crippen LogP contribution in [0, 0.1) is 5.92 Å². The Morgan fingerprint density at radius 3 is 2.62 bits per heavy atom. The minimum Gasteiger partial charge on any atom is -0.367 e. The standard InChI is InChI=1S/C17H24N2O2/c1-13-11-19(17(20)15-7-9-18-10-8-15)12-16(21-13)14-5-3-2-4-6-14/h2-6,13,15-16,18H,7-12H2,1H3. The van der Waals surface area contributed by atoms with Crippen molar-refractivity contribution in [3.63, 3.8) is 0 Å². The fraction of sp³-hybridized carbons (Fsp3) is 0.588. The summed E-state index contributed by atoms with van der Waals surface area (Å²) in [5.41, 5.74) is 1.16. The molecule has 0 bridgehead atoms. The van der Waals surface area contributed by atoms with Gasteiger partial charge in [0.05, 0.1) is 12.6 Å². The molecule has 2 saturated heterocycles. The Labute approximate surface area is 126 Å². The van der Waals surface area contributed by atoms with Gasteiger partial charge < -0.3 is 15.0 Å². The molecule has 21 heavy (non-hydrogen) atoms. The summed E-state index contributed by atoms with van der Waals surface area (Å²) >= 11 is 0. The van der Waals surface area contributed by atoms with Gasteiger partial charge >= 0.3 is 0 Å². The molecule has 3 rings (SSSR count). The molecule has 1 aromatic carbocycles. The van der Waals surface area contributed by atoms with E-state index < -0.39 is 0 Å². The Kier molecular flexibility index (Phi) is 4.56. The van der Waals surface area contributed by atoms with Gasteiger partial charge in [0.25, 0.3) is 0 Å². The molecule has 1 N–H and O–H groups in total. The lowest BCUT2D eigenvalue weighted by atomic mass is 9.95. The van der Waals surface area contributed by atoms with Gasteiger partial charge in [0.1, 0.15) is 6.10 Å². The van der Waals surface area contributed by atoms with E-state index in [1.807, 2.05) is 23.1 Å². The van der Waals surface area contributed by atoms with Crippen molar-refractivity contribution in [2.45, 2.75) is 32.0 Å². The fourth-order valence-corrected chi connectivity index (χ4v) is 3.31. The summed E-state index contributed by atoms with van der Waals surface area (Å²) in [6.45, 7) is 5.36. The first-order valence-corrected chi connectivity index (χ1v) is 7.94. The third kappa shape index (κ3) is 3.44. The molecule has 2 fully saturated rings. The summed E-state index contributed by atoms with van der Waals surface area (Å²) < 4.78 is 6.03. The van der Waals surface area contributed by atoms with E-state index in [1.165, 1.54) is 0 Å². The molecule has 2 aliphatic heterocycles. The normalized spacial score (nSPS) is 27.6. The average Bonchev–Trinajstić information content (AvgIpc) is 2.55. The number of hydrogen-bond donors (Lipinski definition) is 1. The molecule has 4 nitrogen and oxygen atoms in total. The first-order valence-electron chi connectivity index (χ1n) is 7.94. The molecule has 0 spiro atoms. The van der Waals surface area contributed by atoms with Crippen LogP contribution in [0.15, 0.2) is 30.3 Å². The number of amides is 1. The molecule has 2 heterocycles. The second-order valence-electron chi connectivity index (χ2n) is 6.11. The molecule has 0 aromatic heterocycles. The van der Waals surface area contributed by atoms with Gasteiger partial charge in [0, 0.05) is 12.5 Å². The number of carbonyl (C=O) groups is 1. The van der Waals surface area contributed by atoms with Crippen molar-refractivity contribution in [2.75, 3.05) is 26.2 Å². The fourth-order valence-electron chi connectivity index (χ4n) is 3.31. The number of morpholine rings is 1. The maximum Gasteiger partial charge on any atom is 0.225 e. The topological polar surface area (TPSA) is 41.6 Å². The number of carbonyl (C=O) groups excluding carboxylic acids is 1. The lowest BCUT2D eigenvalue weighted by Gasteiger charge is -2.39. The summed E-state index contributed by atoms with van der Waals surface area (Å²) in [7, 11) is 0. The van der Waals surface area contributed by atoms with Crippen molar-refractivity contribution in [2.24, 2.45) is 5.92 Å². The maximum absolute atomic E-state index is 12.7. The van der Waals surface area contributed by atoms with Crippen LogP contribution >= 0.6 is 0 Å². The van der Waals surface area contributed by atoms with E-state index in [-0.39, 0.29) is 18.1 Å². The average molecular weight is 288 g/mol. The van der Waals surface area contributed by atoms with E-state index in [0.717, 1.165) is 31.5 Å². The van der Waals surface area contributed by atoms with E-state index in [4.69, 9.17) is 4.74 Å². The highest BCUT2D eigenvalue weighted by atomic mass is 16.5. The summed E-state index contributed by atoms with van der Waals surface area (Å²) in [6, 6.07) is 10.2. The Bertz CT molecular complexity index is 471. The quantitative estimate of drug-likeness (QED) is 0.904. The lowest BCUT2D eigenvalue weighted by Crippen LogP contribution is -2.49. The zero-order valence-corrected chi connectivity index (χ0v) is 12.6. The molecular formula is C17H24N2O2. The summed E-state index contributed by atoms with van der Waals surface area (Å²) in [4.78, 5) is 14.7. The van der Waals surface area contributed by atoms with Gasteiger partial charge in [-0.05, 0) is 38.4 Å². The van der Waals surface area contributed by atoms with Crippen LogP contribution in [0.2, 0.25) is 0 Å². The van der Waals surface area contributed by atoms with Crippen molar-refractivity contribution in [1.82, 2.24) is 10.2 Å². The third-order valence-electron chi connectivity index (χ3n) is 4.43. The molecule has 1 aromatic rings. The number of hydrogen-bond acceptors (Lipinski definition) is 3. The van der Waals surface area contributed by atoms with Crippen LogP contribution in [0.3, 0.4) is 0 Å². The third-order valence-corrected chi connectivity index (χ3v) is 4.43. The predicted molar refractivity (Wildman–Crippen MR) is 81.9 cm³/mol. The van der Waals surface area contributed by atoms with Crippen molar-refractivity contribution in [3.05, 3.63) is 35.9 Å². The van der Waals surface area contributed by atoms with Gasteiger partial charge in [0.2, 0.25) is 5.91 Å². The number of nitrogens with one attached hydrogen (secondary N) is 1. The predicted octanol–water partition coefficient (Wildman–Crippen LogP) is 1.97. The molecular weight excluding hydrogens is 264 g/mol. The van der Waals surface area contributed by atoms with Gasteiger partial charge in [-0.3, -0.25) is 4.79 Å². The molecule has 114 valence electrons. The van der Waals surface area contributed by atoms with Crippen LogP contribution in [0.25, 0.3) is 0 Å². The van der Waals surface area contributed by atoms with Gasteiger partial charge in [-0.25, -0.2) is 0 Å². The zero-order valence-electron chi connectivity index (χ0n) is 12.6. The van der Waals surface area contributed by atoms with Crippen molar-refractivity contribution in [3.8, 4) is 0 Å². The first-order chi connectivity index (χ1) is 10.2. The smallest absolute Gasteiger partial charge is 0.225 e. The molecule has 0 radical (unpaired) electrons. The summed E-state index contributed by atoms with van der Waals surface area (Å²) in [5, 5.41) is 3.32. The van der Waals surface area contributed by atoms with E-state index in [2.05, 4.69) is 24.4 Å². The second-order valence-corrected chi connectivity index (χ2v) is 6.11. The maximum atomic E-state index is 12.7. The van der Waals surface area contributed by atoms with Crippen LogP contribution in [0.5, 0.6) is 0 Å². The summed E-state index contributed by atoms with van der Waals surface area (Å²) in [5.74, 6) is 0.501. The van der Waals surface area contributed by atoms with E-state index >= 15 is 0 Å². The Hall–Kier alpha value is -1.39. The van der Waals surface area contributed by atoms with Crippen LogP contribution in [0.4, 0.5) is 0 Å². The van der Waals surface area contributed by atoms with Crippen molar-refractivity contribution < 1.29 is 9.53 Å². The van der Waals surface area contributed by atoms with Crippen LogP contribution in [0.1, 0.15) is 31.4 Å². The van der Waals surface area contributed by atoms with Gasteiger partial charge in [-0.1, -0.05) is 30.3 Å². The van der Waals surface area contributed by atoms with Gasteiger partial charge in [0.15, 0.2) is 0 Å². The zero-order chi connectivity index (χ0) is 14.7. The molecule has 0 aliphatic carbocycles. The molecule has 0 saturated carbocycles. The number of benzene rings is 1. The Morgan fingerprint density at radius 2 is 1.90 bits per heavy atom. The van der Waals surface area contributed by atoms with Gasteiger partial charge in [-0.15, -0.1) is 0 Å². The van der Waals surface area contributed by atoms with Crippen molar-refractivity contribution >= 4 is 5.91 Å². The SMILES string of the molecule is CC1CN(C(=O)C2CCNCC2)CC(c2ccccc2)O1. The van der Waals surface area contributed by atoms with Crippen LogP contribution in [-0.4, -0.2) is 43.1 Å². The highest BCUT2D eigenvalue weighted by molar-refractivity contribution is 5.79. The second kappa shape index (κ2) is 6.58. The minimum atomic E-state index is 0.000570. The molecule has 4 heteroatoms. The number of ether oxygens (including phenoxy) is 1. The Balaban J connectivity index is 1.69. The van der Waals surface area contributed by atoms with E-state index in [0.29, 0.717) is 19.0 Å². The van der Waals surface area contributed by atoms with E-state index in [9.17, 15) is 4.79 Å². The molecule has 1 amide bonds. The summed E-state index contributed by atoms with van der Waals surface area (Å²) in [6.07, 6.45) is 2.01.